The molecule has 3 aromatic rings. The highest BCUT2D eigenvalue weighted by Crippen LogP contribution is 2.29. The van der Waals surface area contributed by atoms with E-state index in [1.165, 1.54) is 20.7 Å². The summed E-state index contributed by atoms with van der Waals surface area (Å²) in [4.78, 5) is 16.5. The number of hydrogen-bond acceptors (Lipinski definition) is 4. The lowest BCUT2D eigenvalue weighted by atomic mass is 10.1. The standard InChI is InChI=1S/C22H27N3O2S/c1-16-3-5-18(6-4-16)15-25-19-13-17(2)28-21(19)14-20(25)22(26)23-7-8-24-9-11-27-12-10-24/h3-6,13-14H,7-12,15H2,1-2H3,(H,23,26). The lowest BCUT2D eigenvalue weighted by Gasteiger charge is -2.26. The summed E-state index contributed by atoms with van der Waals surface area (Å²) in [5.41, 5.74) is 4.33. The SMILES string of the molecule is Cc1ccc(Cn2c(C(=O)NCCN3CCOCC3)cc3sc(C)cc32)cc1. The van der Waals surface area contributed by atoms with E-state index in [9.17, 15) is 4.79 Å². The van der Waals surface area contributed by atoms with Gasteiger partial charge in [0.25, 0.3) is 5.91 Å². The van der Waals surface area contributed by atoms with E-state index in [0.717, 1.165) is 44.1 Å². The van der Waals surface area contributed by atoms with Gasteiger partial charge in [0.05, 0.1) is 23.4 Å². The van der Waals surface area contributed by atoms with Crippen LogP contribution < -0.4 is 5.32 Å². The molecule has 2 aromatic heterocycles. The van der Waals surface area contributed by atoms with Gasteiger partial charge in [-0.15, -0.1) is 11.3 Å². The van der Waals surface area contributed by atoms with Gasteiger partial charge in [-0.1, -0.05) is 29.8 Å². The number of ether oxygens (including phenoxy) is 1. The van der Waals surface area contributed by atoms with Crippen LogP contribution in [-0.2, 0) is 11.3 Å². The molecular weight excluding hydrogens is 370 g/mol. The van der Waals surface area contributed by atoms with Crippen LogP contribution in [0.2, 0.25) is 0 Å². The minimum Gasteiger partial charge on any atom is -0.379 e. The fraction of sp³-hybridized carbons (Fsp3) is 0.409. The summed E-state index contributed by atoms with van der Waals surface area (Å²) >= 11 is 1.74. The van der Waals surface area contributed by atoms with E-state index >= 15 is 0 Å². The van der Waals surface area contributed by atoms with Crippen LogP contribution in [0.3, 0.4) is 0 Å². The van der Waals surface area contributed by atoms with Crippen molar-refractivity contribution in [3.05, 3.63) is 58.1 Å². The average molecular weight is 398 g/mol. The largest absolute Gasteiger partial charge is 0.379 e. The smallest absolute Gasteiger partial charge is 0.268 e. The molecule has 28 heavy (non-hydrogen) atoms. The molecule has 0 unspecified atom stereocenters. The number of aromatic nitrogens is 1. The van der Waals surface area contributed by atoms with Crippen molar-refractivity contribution >= 4 is 27.5 Å². The first-order valence-corrected chi connectivity index (χ1v) is 10.7. The van der Waals surface area contributed by atoms with Crippen LogP contribution in [0.1, 0.15) is 26.5 Å². The molecule has 1 aliphatic heterocycles. The normalized spacial score (nSPS) is 15.2. The number of nitrogens with one attached hydrogen (secondary N) is 1. The number of benzene rings is 1. The number of carbonyl (C=O) groups is 1. The molecule has 0 bridgehead atoms. The number of amides is 1. The van der Waals surface area contributed by atoms with Crippen molar-refractivity contribution in [2.75, 3.05) is 39.4 Å². The molecule has 3 heterocycles. The number of rotatable bonds is 6. The summed E-state index contributed by atoms with van der Waals surface area (Å²) in [5, 5.41) is 3.11. The van der Waals surface area contributed by atoms with Crippen molar-refractivity contribution in [3.8, 4) is 0 Å². The fourth-order valence-corrected chi connectivity index (χ4v) is 4.60. The van der Waals surface area contributed by atoms with Crippen LogP contribution in [0, 0.1) is 13.8 Å². The summed E-state index contributed by atoms with van der Waals surface area (Å²) in [7, 11) is 0. The summed E-state index contributed by atoms with van der Waals surface area (Å²) in [5.74, 6) is 0.00132. The van der Waals surface area contributed by atoms with Crippen LogP contribution in [0.5, 0.6) is 0 Å². The van der Waals surface area contributed by atoms with Crippen LogP contribution >= 0.6 is 11.3 Å². The second kappa shape index (κ2) is 8.47. The van der Waals surface area contributed by atoms with E-state index in [1.807, 2.05) is 6.07 Å². The number of nitrogens with zero attached hydrogens (tertiary/aromatic N) is 2. The maximum atomic E-state index is 12.9. The van der Waals surface area contributed by atoms with Crippen molar-refractivity contribution < 1.29 is 9.53 Å². The molecule has 1 aliphatic rings. The zero-order valence-electron chi connectivity index (χ0n) is 16.5. The molecule has 4 rings (SSSR count). The van der Waals surface area contributed by atoms with E-state index in [0.29, 0.717) is 13.1 Å². The topological polar surface area (TPSA) is 46.5 Å². The van der Waals surface area contributed by atoms with Crippen molar-refractivity contribution in [3.63, 3.8) is 0 Å². The Labute approximate surface area is 169 Å². The predicted molar refractivity (Wildman–Crippen MR) is 114 cm³/mol. The van der Waals surface area contributed by atoms with Gasteiger partial charge in [0.2, 0.25) is 0 Å². The minimum atomic E-state index is 0.00132. The van der Waals surface area contributed by atoms with Crippen LogP contribution in [-0.4, -0.2) is 54.8 Å². The fourth-order valence-electron chi connectivity index (χ4n) is 3.64. The van der Waals surface area contributed by atoms with Gasteiger partial charge >= 0.3 is 0 Å². The number of morpholine rings is 1. The molecular formula is C22H27N3O2S. The Morgan fingerprint density at radius 1 is 1.14 bits per heavy atom. The Kier molecular flexibility index (Phi) is 5.80. The van der Waals surface area contributed by atoms with Gasteiger partial charge in [-0.05, 0) is 31.5 Å². The van der Waals surface area contributed by atoms with Gasteiger partial charge in [-0.2, -0.15) is 0 Å². The highest BCUT2D eigenvalue weighted by molar-refractivity contribution is 7.19. The molecule has 0 saturated carbocycles. The summed E-state index contributed by atoms with van der Waals surface area (Å²) in [6.45, 7) is 9.86. The van der Waals surface area contributed by atoms with Gasteiger partial charge in [0.1, 0.15) is 5.69 Å². The summed E-state index contributed by atoms with van der Waals surface area (Å²) < 4.78 is 8.70. The third-order valence-corrected chi connectivity index (χ3v) is 6.21. The molecule has 0 radical (unpaired) electrons. The third kappa shape index (κ3) is 4.29. The van der Waals surface area contributed by atoms with Gasteiger partial charge in [0, 0.05) is 37.6 Å². The number of fused-ring (bicyclic) bond motifs is 1. The second-order valence-electron chi connectivity index (χ2n) is 7.42. The Hall–Kier alpha value is -2.15. The number of thiophene rings is 1. The quantitative estimate of drug-likeness (QED) is 0.693. The summed E-state index contributed by atoms with van der Waals surface area (Å²) in [6, 6.07) is 12.7. The van der Waals surface area contributed by atoms with E-state index < -0.39 is 0 Å². The highest BCUT2D eigenvalue weighted by Gasteiger charge is 2.18. The van der Waals surface area contributed by atoms with Crippen LogP contribution in [0.4, 0.5) is 0 Å². The maximum absolute atomic E-state index is 12.9. The van der Waals surface area contributed by atoms with Crippen molar-refractivity contribution in [1.82, 2.24) is 14.8 Å². The van der Waals surface area contributed by atoms with Gasteiger partial charge in [-0.25, -0.2) is 0 Å². The van der Waals surface area contributed by atoms with E-state index in [4.69, 9.17) is 4.74 Å². The van der Waals surface area contributed by atoms with Crippen LogP contribution in [0.15, 0.2) is 36.4 Å². The van der Waals surface area contributed by atoms with Gasteiger partial charge < -0.3 is 14.6 Å². The number of carbonyl (C=O) groups excluding carboxylic acids is 1. The molecule has 6 heteroatoms. The highest BCUT2D eigenvalue weighted by atomic mass is 32.1. The van der Waals surface area contributed by atoms with E-state index in [-0.39, 0.29) is 5.91 Å². The molecule has 1 amide bonds. The van der Waals surface area contributed by atoms with Crippen molar-refractivity contribution in [1.29, 1.82) is 0 Å². The maximum Gasteiger partial charge on any atom is 0.268 e. The first-order chi connectivity index (χ1) is 13.6. The first-order valence-electron chi connectivity index (χ1n) is 9.84. The number of aryl methyl sites for hydroxylation is 2. The molecule has 0 spiro atoms. The molecule has 1 saturated heterocycles. The zero-order valence-corrected chi connectivity index (χ0v) is 17.3. The molecule has 1 fully saturated rings. The second-order valence-corrected chi connectivity index (χ2v) is 8.71. The molecule has 5 nitrogen and oxygen atoms in total. The van der Waals surface area contributed by atoms with Crippen molar-refractivity contribution in [2.45, 2.75) is 20.4 Å². The molecule has 0 aliphatic carbocycles. The Morgan fingerprint density at radius 2 is 1.89 bits per heavy atom. The molecule has 1 N–H and O–H groups in total. The third-order valence-electron chi connectivity index (χ3n) is 5.22. The average Bonchev–Trinajstić information content (AvgIpc) is 3.21. The summed E-state index contributed by atoms with van der Waals surface area (Å²) in [6.07, 6.45) is 0. The first kappa shape index (κ1) is 19.2. The lowest BCUT2D eigenvalue weighted by molar-refractivity contribution is 0.0383. The van der Waals surface area contributed by atoms with Crippen LogP contribution in [0.25, 0.3) is 10.2 Å². The lowest BCUT2D eigenvalue weighted by Crippen LogP contribution is -2.41. The monoisotopic (exact) mass is 397 g/mol. The predicted octanol–water partition coefficient (Wildman–Crippen LogP) is 3.43. The Bertz CT molecular complexity index is 952. The molecule has 148 valence electrons. The minimum absolute atomic E-state index is 0.00132. The molecule has 1 aromatic carbocycles. The van der Waals surface area contributed by atoms with Gasteiger partial charge in [-0.3, -0.25) is 9.69 Å². The molecule has 0 atom stereocenters. The Morgan fingerprint density at radius 3 is 2.64 bits per heavy atom. The van der Waals surface area contributed by atoms with E-state index in [2.05, 4.69) is 59.0 Å². The van der Waals surface area contributed by atoms with E-state index in [1.54, 1.807) is 11.3 Å². The number of hydrogen-bond donors (Lipinski definition) is 1. The Balaban J connectivity index is 1.51. The zero-order chi connectivity index (χ0) is 19.5. The van der Waals surface area contributed by atoms with Gasteiger partial charge in [0.15, 0.2) is 0 Å². The van der Waals surface area contributed by atoms with Crippen molar-refractivity contribution in [2.24, 2.45) is 0 Å².